The normalized spacial score (nSPS) is 22.6. The molecule has 0 unspecified atom stereocenters. The fourth-order valence-corrected chi connectivity index (χ4v) is 4.50. The largest absolute Gasteiger partial charge is 0.511 e. The lowest BCUT2D eigenvalue weighted by atomic mass is 9.82. The van der Waals surface area contributed by atoms with Crippen molar-refractivity contribution in [1.29, 1.82) is 0 Å². The van der Waals surface area contributed by atoms with Crippen LogP contribution in [-0.2, 0) is 11.2 Å². The molecule has 134 valence electrons. The van der Waals surface area contributed by atoms with Crippen molar-refractivity contribution < 1.29 is 9.90 Å². The van der Waals surface area contributed by atoms with Gasteiger partial charge in [0.25, 0.3) is 0 Å². The van der Waals surface area contributed by atoms with Crippen LogP contribution >= 0.6 is 11.6 Å². The molecular weight excluding hydrogens is 344 g/mol. The van der Waals surface area contributed by atoms with E-state index in [1.807, 2.05) is 24.3 Å². The van der Waals surface area contributed by atoms with E-state index in [1.165, 1.54) is 0 Å². The molecule has 0 radical (unpaired) electrons. The van der Waals surface area contributed by atoms with Gasteiger partial charge in [-0.05, 0) is 72.6 Å². The maximum atomic E-state index is 13.1. The third-order valence-electron chi connectivity index (χ3n) is 5.92. The fourth-order valence-electron chi connectivity index (χ4n) is 4.37. The first-order valence-corrected chi connectivity index (χ1v) is 9.83. The van der Waals surface area contributed by atoms with Gasteiger partial charge in [-0.3, -0.25) is 4.79 Å². The van der Waals surface area contributed by atoms with Crippen molar-refractivity contribution in [2.75, 3.05) is 0 Å². The van der Waals surface area contributed by atoms with E-state index in [9.17, 15) is 9.90 Å². The average molecular weight is 367 g/mol. The molecule has 0 aromatic heterocycles. The summed E-state index contributed by atoms with van der Waals surface area (Å²) in [5.74, 6) is 0.648. The van der Waals surface area contributed by atoms with Crippen LogP contribution in [0, 0.1) is 11.8 Å². The average Bonchev–Trinajstić information content (AvgIpc) is 2.86. The van der Waals surface area contributed by atoms with E-state index in [4.69, 9.17) is 11.6 Å². The molecule has 0 atom stereocenters. The zero-order valence-corrected chi connectivity index (χ0v) is 15.7. The second kappa shape index (κ2) is 6.92. The Hall–Kier alpha value is -2.06. The van der Waals surface area contributed by atoms with Crippen molar-refractivity contribution in [3.8, 4) is 11.1 Å². The lowest BCUT2D eigenvalue weighted by Gasteiger charge is -2.21. The van der Waals surface area contributed by atoms with Crippen molar-refractivity contribution in [2.24, 2.45) is 11.8 Å². The van der Waals surface area contributed by atoms with Crippen molar-refractivity contribution >= 4 is 23.0 Å². The molecule has 0 amide bonds. The van der Waals surface area contributed by atoms with Gasteiger partial charge in [-0.1, -0.05) is 42.8 Å². The summed E-state index contributed by atoms with van der Waals surface area (Å²) in [7, 11) is 0. The van der Waals surface area contributed by atoms with E-state index >= 15 is 0 Å². The monoisotopic (exact) mass is 366 g/mol. The first kappa shape index (κ1) is 17.4. The number of aliphatic hydroxyl groups is 1. The summed E-state index contributed by atoms with van der Waals surface area (Å²) in [4.78, 5) is 13.1. The van der Waals surface area contributed by atoms with Gasteiger partial charge in [0, 0.05) is 16.9 Å². The van der Waals surface area contributed by atoms with Crippen molar-refractivity contribution in [1.82, 2.24) is 0 Å². The summed E-state index contributed by atoms with van der Waals surface area (Å²) in [5.41, 5.74) is 4.68. The minimum atomic E-state index is 0.0646. The second-order valence-corrected chi connectivity index (χ2v) is 7.84. The zero-order chi connectivity index (χ0) is 18.3. The maximum Gasteiger partial charge on any atom is 0.169 e. The van der Waals surface area contributed by atoms with Crippen LogP contribution in [0.25, 0.3) is 16.7 Å². The number of carbonyl (C=O) groups excluding carboxylic acids is 1. The lowest BCUT2D eigenvalue weighted by Crippen LogP contribution is -2.17. The van der Waals surface area contributed by atoms with Crippen LogP contribution < -0.4 is 0 Å². The number of ketones is 1. The summed E-state index contributed by atoms with van der Waals surface area (Å²) >= 11 is 6.01. The van der Waals surface area contributed by atoms with Gasteiger partial charge in [0.2, 0.25) is 0 Å². The summed E-state index contributed by atoms with van der Waals surface area (Å²) in [6.07, 6.45) is 4.47. The van der Waals surface area contributed by atoms with E-state index in [0.717, 1.165) is 54.4 Å². The Bertz CT molecular complexity index is 872. The number of aryl methyl sites for hydroxylation is 1. The maximum absolute atomic E-state index is 13.1. The first-order chi connectivity index (χ1) is 12.6. The van der Waals surface area contributed by atoms with Crippen LogP contribution in [0.2, 0.25) is 5.02 Å². The molecule has 1 N–H and O–H groups in total. The van der Waals surface area contributed by atoms with Crippen molar-refractivity contribution in [3.05, 3.63) is 64.4 Å². The standard InChI is InChI=1S/C23H23ClO2/c1-2-14-3-8-18(15-9-11-19(24)12-10-15)13-20(14)21-22(25)16-4-5-17(7-6-16)23(21)26/h3,8-13,16-17,25H,2,4-7H2,1H3. The summed E-state index contributed by atoms with van der Waals surface area (Å²) < 4.78 is 0. The number of hydrogen-bond acceptors (Lipinski definition) is 2. The predicted octanol–water partition coefficient (Wildman–Crippen LogP) is 6.23. The number of benzene rings is 2. The Labute approximate surface area is 159 Å². The summed E-state index contributed by atoms with van der Waals surface area (Å²) in [6.45, 7) is 2.09. The van der Waals surface area contributed by atoms with Gasteiger partial charge in [-0.15, -0.1) is 0 Å². The van der Waals surface area contributed by atoms with E-state index in [0.29, 0.717) is 16.4 Å². The number of hydrogen-bond donors (Lipinski definition) is 1. The predicted molar refractivity (Wildman–Crippen MR) is 106 cm³/mol. The molecule has 3 aliphatic carbocycles. The third kappa shape index (κ3) is 2.97. The Morgan fingerprint density at radius 3 is 2.23 bits per heavy atom. The minimum Gasteiger partial charge on any atom is -0.511 e. The van der Waals surface area contributed by atoms with Gasteiger partial charge in [-0.25, -0.2) is 0 Å². The van der Waals surface area contributed by atoms with Crippen LogP contribution in [0.3, 0.4) is 0 Å². The molecule has 0 saturated heterocycles. The Morgan fingerprint density at radius 2 is 1.58 bits per heavy atom. The van der Waals surface area contributed by atoms with Crippen LogP contribution in [0.4, 0.5) is 0 Å². The number of fused-ring (bicyclic) bond motifs is 3. The van der Waals surface area contributed by atoms with Gasteiger partial charge in [0.15, 0.2) is 5.78 Å². The topological polar surface area (TPSA) is 37.3 Å². The fraction of sp³-hybridized carbons (Fsp3) is 0.348. The Kier molecular flexibility index (Phi) is 4.62. The molecule has 1 fully saturated rings. The minimum absolute atomic E-state index is 0.0646. The third-order valence-corrected chi connectivity index (χ3v) is 6.18. The summed E-state index contributed by atoms with van der Waals surface area (Å²) in [6, 6.07) is 13.9. The molecule has 0 aliphatic heterocycles. The zero-order valence-electron chi connectivity index (χ0n) is 15.0. The van der Waals surface area contributed by atoms with Crippen LogP contribution in [0.1, 0.15) is 43.7 Å². The molecule has 26 heavy (non-hydrogen) atoms. The molecular formula is C23H23ClO2. The molecule has 0 spiro atoms. The van der Waals surface area contributed by atoms with Crippen LogP contribution in [0.15, 0.2) is 48.2 Å². The summed E-state index contributed by atoms with van der Waals surface area (Å²) in [5, 5.41) is 11.6. The van der Waals surface area contributed by atoms with Crippen molar-refractivity contribution in [3.63, 3.8) is 0 Å². The number of allylic oxidation sites excluding steroid dienone is 2. The van der Waals surface area contributed by atoms with Gasteiger partial charge < -0.3 is 5.11 Å². The smallest absolute Gasteiger partial charge is 0.169 e. The lowest BCUT2D eigenvalue weighted by molar-refractivity contribution is -0.117. The first-order valence-electron chi connectivity index (χ1n) is 9.45. The molecule has 3 heteroatoms. The van der Waals surface area contributed by atoms with E-state index in [-0.39, 0.29) is 17.6 Å². The number of Topliss-reactive ketones (excluding diaryl/α,β-unsaturated/α-hetero) is 1. The van der Waals surface area contributed by atoms with Crippen LogP contribution in [0.5, 0.6) is 0 Å². The van der Waals surface area contributed by atoms with E-state index < -0.39 is 0 Å². The highest BCUT2D eigenvalue weighted by atomic mass is 35.5. The molecule has 3 aliphatic rings. The molecule has 2 bridgehead atoms. The van der Waals surface area contributed by atoms with Crippen molar-refractivity contribution in [2.45, 2.75) is 39.0 Å². The van der Waals surface area contributed by atoms with Gasteiger partial charge >= 0.3 is 0 Å². The molecule has 0 heterocycles. The number of aliphatic hydroxyl groups excluding tert-OH is 1. The molecule has 2 nitrogen and oxygen atoms in total. The highest BCUT2D eigenvalue weighted by molar-refractivity contribution is 6.30. The highest BCUT2D eigenvalue weighted by Crippen LogP contribution is 2.43. The SMILES string of the molecule is CCc1ccc(-c2ccc(Cl)cc2)cc1C1=C(O)C2CCC(CC2)C1=O. The highest BCUT2D eigenvalue weighted by Gasteiger charge is 2.38. The van der Waals surface area contributed by atoms with Gasteiger partial charge in [0.1, 0.15) is 5.76 Å². The molecule has 2 aromatic rings. The number of carbonyl (C=O) groups is 1. The number of rotatable bonds is 3. The Balaban J connectivity index is 1.87. The Morgan fingerprint density at radius 1 is 0.962 bits per heavy atom. The molecule has 5 rings (SSSR count). The van der Waals surface area contributed by atoms with Crippen LogP contribution in [-0.4, -0.2) is 10.9 Å². The molecule has 2 aromatic carbocycles. The van der Waals surface area contributed by atoms with E-state index in [2.05, 4.69) is 25.1 Å². The second-order valence-electron chi connectivity index (χ2n) is 7.41. The van der Waals surface area contributed by atoms with E-state index in [1.54, 1.807) is 0 Å². The quantitative estimate of drug-likeness (QED) is 0.699. The van der Waals surface area contributed by atoms with Gasteiger partial charge in [0.05, 0.1) is 5.57 Å². The van der Waals surface area contributed by atoms with Gasteiger partial charge in [-0.2, -0.15) is 0 Å². The molecule has 1 saturated carbocycles. The number of halogens is 1.